The van der Waals surface area contributed by atoms with E-state index in [4.69, 9.17) is 22.1 Å². The van der Waals surface area contributed by atoms with E-state index in [0.717, 1.165) is 30.8 Å². The van der Waals surface area contributed by atoms with Crippen molar-refractivity contribution in [3.05, 3.63) is 63.8 Å². The van der Waals surface area contributed by atoms with Gasteiger partial charge in [-0.1, -0.05) is 29.8 Å². The molecular weight excluding hydrogens is 430 g/mol. The third-order valence-corrected chi connectivity index (χ3v) is 5.54. The number of para-hydroxylation sites is 1. The summed E-state index contributed by atoms with van der Waals surface area (Å²) in [6.45, 7) is 2.22. The number of rotatable bonds is 7. The van der Waals surface area contributed by atoms with Gasteiger partial charge >= 0.3 is 0 Å². The predicted octanol–water partition coefficient (Wildman–Crippen LogP) is 3.25. The maximum Gasteiger partial charge on any atom is 0.273 e. The number of methoxy groups -OCH3 is 1. The molecule has 0 aliphatic carbocycles. The Hall–Kier alpha value is -3.27. The molecule has 3 aromatic rings. The topological polar surface area (TPSA) is 118 Å². The number of primary amides is 1. The summed E-state index contributed by atoms with van der Waals surface area (Å²) in [6, 6.07) is 11.5. The van der Waals surface area contributed by atoms with Gasteiger partial charge in [-0.15, -0.1) is 10.2 Å². The minimum Gasteiger partial charge on any atom is -0.380 e. The van der Waals surface area contributed by atoms with Gasteiger partial charge in [0.1, 0.15) is 0 Å². The second kappa shape index (κ2) is 9.47. The lowest BCUT2D eigenvalue weighted by Gasteiger charge is -2.26. The van der Waals surface area contributed by atoms with Crippen molar-refractivity contribution in [3.8, 4) is 0 Å². The number of ether oxygens (including phenoxy) is 1. The van der Waals surface area contributed by atoms with Crippen LogP contribution >= 0.6 is 11.6 Å². The Kier molecular flexibility index (Phi) is 6.50. The Bertz CT molecular complexity index is 1160. The first-order chi connectivity index (χ1) is 15.4. The van der Waals surface area contributed by atoms with Crippen LogP contribution in [0.3, 0.4) is 0 Å². The minimum atomic E-state index is -0.737. The molecule has 1 aliphatic rings. The van der Waals surface area contributed by atoms with Crippen LogP contribution in [-0.2, 0) is 24.3 Å². The maximum absolute atomic E-state index is 11.9. The number of hydrogen-bond donors (Lipinski definition) is 3. The Morgan fingerprint density at radius 2 is 2.00 bits per heavy atom. The monoisotopic (exact) mass is 453 g/mol. The summed E-state index contributed by atoms with van der Waals surface area (Å²) < 4.78 is 5.24. The molecule has 4 rings (SSSR count). The highest BCUT2D eigenvalue weighted by atomic mass is 35.5. The van der Waals surface area contributed by atoms with Crippen LogP contribution in [0.1, 0.15) is 27.2 Å². The van der Waals surface area contributed by atoms with Crippen molar-refractivity contribution >= 4 is 40.6 Å². The summed E-state index contributed by atoms with van der Waals surface area (Å²) in [5.74, 6) is -0.357. The fourth-order valence-corrected chi connectivity index (χ4v) is 3.85. The van der Waals surface area contributed by atoms with Gasteiger partial charge in [0.05, 0.1) is 17.3 Å². The third kappa shape index (κ3) is 4.80. The lowest BCUT2D eigenvalue weighted by molar-refractivity contribution is 0.0995. The quantitative estimate of drug-likeness (QED) is 0.499. The number of fused-ring (bicyclic) bond motifs is 1. The Balaban J connectivity index is 1.65. The summed E-state index contributed by atoms with van der Waals surface area (Å²) in [6.07, 6.45) is 0.931. The van der Waals surface area contributed by atoms with E-state index in [-0.39, 0.29) is 17.5 Å². The first-order valence-electron chi connectivity index (χ1n) is 10.1. The summed E-state index contributed by atoms with van der Waals surface area (Å²) in [5, 5.41) is 14.8. The van der Waals surface area contributed by atoms with Gasteiger partial charge in [-0.05, 0) is 42.8 Å². The van der Waals surface area contributed by atoms with Crippen molar-refractivity contribution < 1.29 is 9.53 Å². The zero-order valence-corrected chi connectivity index (χ0v) is 18.6. The van der Waals surface area contributed by atoms with Crippen LogP contribution in [0.25, 0.3) is 0 Å². The fourth-order valence-electron chi connectivity index (χ4n) is 3.62. The van der Waals surface area contributed by atoms with Crippen molar-refractivity contribution in [2.45, 2.75) is 19.6 Å². The van der Waals surface area contributed by atoms with Crippen molar-refractivity contribution in [3.63, 3.8) is 0 Å². The normalized spacial score (nSPS) is 13.5. The predicted molar refractivity (Wildman–Crippen MR) is 124 cm³/mol. The molecule has 166 valence electrons. The Morgan fingerprint density at radius 1 is 1.19 bits per heavy atom. The molecule has 32 heavy (non-hydrogen) atoms. The van der Waals surface area contributed by atoms with Gasteiger partial charge in [0.15, 0.2) is 11.5 Å². The first kappa shape index (κ1) is 21.9. The lowest BCUT2D eigenvalue weighted by Crippen LogP contribution is -2.26. The molecule has 4 N–H and O–H groups in total. The smallest absolute Gasteiger partial charge is 0.273 e. The second-order valence-electron chi connectivity index (χ2n) is 7.63. The zero-order chi connectivity index (χ0) is 22.7. The van der Waals surface area contributed by atoms with E-state index in [1.165, 1.54) is 11.1 Å². The highest BCUT2D eigenvalue weighted by Gasteiger charge is 2.19. The molecule has 10 heteroatoms. The largest absolute Gasteiger partial charge is 0.380 e. The van der Waals surface area contributed by atoms with E-state index >= 15 is 0 Å². The Labute approximate surface area is 190 Å². The van der Waals surface area contributed by atoms with Crippen LogP contribution in [0.4, 0.5) is 23.1 Å². The molecule has 1 aliphatic heterocycles. The molecule has 0 saturated carbocycles. The van der Waals surface area contributed by atoms with Crippen LogP contribution in [0.5, 0.6) is 0 Å². The average Bonchev–Trinajstić information content (AvgIpc) is 2.76. The number of nitrogens with one attached hydrogen (secondary N) is 2. The molecule has 0 saturated heterocycles. The van der Waals surface area contributed by atoms with Crippen LogP contribution in [0, 0.1) is 0 Å². The number of carbonyl (C=O) groups is 1. The standard InChI is InChI=1S/C22H24ClN7O2/c1-30-8-7-13-10-18(16(23)9-15(13)11-30)26-22-27-21(19(20(24)31)28-29-22)25-17-6-4-3-5-14(17)12-32-2/h3-6,9-10H,7-8,11-12H2,1-2H3,(H2,24,31)(H2,25,26,27,29). The van der Waals surface area contributed by atoms with E-state index in [1.54, 1.807) is 7.11 Å². The number of nitrogens with zero attached hydrogens (tertiary/aromatic N) is 4. The van der Waals surface area contributed by atoms with Gasteiger partial charge in [0, 0.05) is 31.5 Å². The number of aromatic nitrogens is 3. The van der Waals surface area contributed by atoms with Crippen LogP contribution in [-0.4, -0.2) is 46.7 Å². The highest BCUT2D eigenvalue weighted by Crippen LogP contribution is 2.31. The van der Waals surface area contributed by atoms with E-state index in [0.29, 0.717) is 17.3 Å². The van der Waals surface area contributed by atoms with Gasteiger partial charge in [0.25, 0.3) is 5.91 Å². The average molecular weight is 454 g/mol. The lowest BCUT2D eigenvalue weighted by atomic mass is 9.99. The molecule has 1 aromatic heterocycles. The van der Waals surface area contributed by atoms with E-state index < -0.39 is 5.91 Å². The number of carbonyl (C=O) groups excluding carboxylic acids is 1. The number of amides is 1. The second-order valence-corrected chi connectivity index (χ2v) is 8.03. The minimum absolute atomic E-state index is 0.0673. The van der Waals surface area contributed by atoms with Crippen molar-refractivity contribution in [2.75, 3.05) is 31.3 Å². The Morgan fingerprint density at radius 3 is 2.78 bits per heavy atom. The van der Waals surface area contributed by atoms with Crippen molar-refractivity contribution in [1.29, 1.82) is 0 Å². The number of hydrogen-bond acceptors (Lipinski definition) is 8. The van der Waals surface area contributed by atoms with Gasteiger partial charge in [-0.25, -0.2) is 0 Å². The number of halogens is 1. The van der Waals surface area contributed by atoms with Crippen LogP contribution in [0.15, 0.2) is 36.4 Å². The zero-order valence-electron chi connectivity index (χ0n) is 17.9. The van der Waals surface area contributed by atoms with E-state index in [9.17, 15) is 4.79 Å². The first-order valence-corrected chi connectivity index (χ1v) is 10.5. The van der Waals surface area contributed by atoms with Crippen molar-refractivity contribution in [2.24, 2.45) is 5.73 Å². The van der Waals surface area contributed by atoms with Gasteiger partial charge in [-0.2, -0.15) is 4.98 Å². The molecule has 1 amide bonds. The van der Waals surface area contributed by atoms with E-state index in [2.05, 4.69) is 37.8 Å². The van der Waals surface area contributed by atoms with Crippen LogP contribution in [0.2, 0.25) is 5.02 Å². The molecule has 2 heterocycles. The van der Waals surface area contributed by atoms with E-state index in [1.807, 2.05) is 36.4 Å². The number of likely N-dealkylation sites (N-methyl/N-ethyl adjacent to an activating group) is 1. The molecule has 0 unspecified atom stereocenters. The summed E-state index contributed by atoms with van der Waals surface area (Å²) >= 11 is 6.51. The molecule has 0 fully saturated rings. The molecule has 0 bridgehead atoms. The molecule has 2 aromatic carbocycles. The van der Waals surface area contributed by atoms with Crippen molar-refractivity contribution in [1.82, 2.24) is 20.1 Å². The number of nitrogens with two attached hydrogens (primary N) is 1. The summed E-state index contributed by atoms with van der Waals surface area (Å²) in [5.41, 5.74) is 10.1. The molecular formula is C22H24ClN7O2. The van der Waals surface area contributed by atoms with Gasteiger partial charge < -0.3 is 26.0 Å². The SMILES string of the molecule is COCc1ccccc1Nc1nc(Nc2cc3c(cc2Cl)CN(C)CC3)nnc1C(N)=O. The third-order valence-electron chi connectivity index (χ3n) is 5.23. The van der Waals surface area contributed by atoms with Gasteiger partial charge in [-0.3, -0.25) is 4.79 Å². The molecule has 0 spiro atoms. The fraction of sp³-hybridized carbons (Fsp3) is 0.273. The highest BCUT2D eigenvalue weighted by molar-refractivity contribution is 6.33. The molecule has 9 nitrogen and oxygen atoms in total. The van der Waals surface area contributed by atoms with Crippen LogP contribution < -0.4 is 16.4 Å². The summed E-state index contributed by atoms with van der Waals surface area (Å²) in [4.78, 5) is 18.6. The molecule has 0 radical (unpaired) electrons. The molecule has 0 atom stereocenters. The number of benzene rings is 2. The van der Waals surface area contributed by atoms with Gasteiger partial charge in [0.2, 0.25) is 5.95 Å². The number of anilines is 4. The maximum atomic E-state index is 11.9. The summed E-state index contributed by atoms with van der Waals surface area (Å²) in [7, 11) is 3.70.